The Labute approximate surface area is 258 Å². The van der Waals surface area contributed by atoms with Gasteiger partial charge in [0.2, 0.25) is 0 Å². The van der Waals surface area contributed by atoms with Gasteiger partial charge in [-0.2, -0.15) is 0 Å². The van der Waals surface area contributed by atoms with Crippen LogP contribution < -0.4 is 9.47 Å². The molecule has 0 atom stereocenters. The minimum atomic E-state index is 0.678. The number of unbranched alkanes of at least 4 members (excludes halogenated alkanes) is 18. The van der Waals surface area contributed by atoms with Gasteiger partial charge in [0.1, 0.15) is 0 Å². The summed E-state index contributed by atoms with van der Waals surface area (Å²) < 4.78 is 12.5. The summed E-state index contributed by atoms with van der Waals surface area (Å²) in [6.45, 7) is 5.90. The molecule has 0 amide bonds. The molecule has 0 saturated heterocycles. The van der Waals surface area contributed by atoms with Gasteiger partial charge < -0.3 is 9.47 Å². The zero-order chi connectivity index (χ0) is 29.9. The van der Waals surface area contributed by atoms with E-state index in [1.54, 1.807) is 12.4 Å². The van der Waals surface area contributed by atoms with Crippen LogP contribution in [0.25, 0.3) is 0 Å². The van der Waals surface area contributed by atoms with Crippen LogP contribution in [-0.2, 0) is 0 Å². The van der Waals surface area contributed by atoms with Crippen LogP contribution >= 0.6 is 0 Å². The maximum absolute atomic E-state index is 6.28. The van der Waals surface area contributed by atoms with Crippen molar-refractivity contribution >= 4 is 0 Å². The Hall–Kier alpha value is -2.91. The quantitative estimate of drug-likeness (QED) is 0.0927. The second-order valence-corrected chi connectivity index (χ2v) is 11.5. The first-order chi connectivity index (χ1) is 20.8. The van der Waals surface area contributed by atoms with Crippen LogP contribution in [0.5, 0.6) is 11.5 Å². The Kier molecular flexibility index (Phi) is 20.7. The number of rotatable bonds is 24. The molecule has 0 bridgehead atoms. The lowest BCUT2D eigenvalue weighted by atomic mass is 10.1. The second kappa shape index (κ2) is 24.7. The number of benzene rings is 1. The summed E-state index contributed by atoms with van der Waals surface area (Å²) in [5.74, 6) is 10.7. The average Bonchev–Trinajstić information content (AvgIpc) is 3.02. The van der Waals surface area contributed by atoms with E-state index in [0.29, 0.717) is 13.2 Å². The van der Waals surface area contributed by atoms with Crippen molar-refractivity contribution in [1.82, 2.24) is 4.98 Å². The van der Waals surface area contributed by atoms with Crippen LogP contribution in [0.3, 0.4) is 0 Å². The summed E-state index contributed by atoms with van der Waals surface area (Å²) >= 11 is 0. The minimum Gasteiger partial charge on any atom is -0.490 e. The van der Waals surface area contributed by atoms with Gasteiger partial charge in [0, 0.05) is 41.2 Å². The Morgan fingerprint density at radius 2 is 0.952 bits per heavy atom. The summed E-state index contributed by atoms with van der Waals surface area (Å²) in [5, 5.41) is 0. The number of hydrogen-bond donors (Lipinski definition) is 0. The highest BCUT2D eigenvalue weighted by Gasteiger charge is 2.11. The lowest BCUT2D eigenvalue weighted by molar-refractivity contribution is 0.258. The van der Waals surface area contributed by atoms with Crippen molar-refractivity contribution in [3.8, 4) is 35.7 Å². The molecular weight excluding hydrogens is 514 g/mol. The maximum Gasteiger partial charge on any atom is 0.162 e. The molecule has 0 saturated carbocycles. The first-order valence-corrected chi connectivity index (χ1v) is 17.1. The minimum absolute atomic E-state index is 0.678. The number of pyridine rings is 1. The second-order valence-electron chi connectivity index (χ2n) is 11.5. The van der Waals surface area contributed by atoms with E-state index >= 15 is 0 Å². The van der Waals surface area contributed by atoms with Crippen LogP contribution in [-0.4, -0.2) is 18.2 Å². The fraction of sp³-hybridized carbons (Fsp3) is 0.615. The van der Waals surface area contributed by atoms with Gasteiger partial charge in [-0.1, -0.05) is 147 Å². The smallest absolute Gasteiger partial charge is 0.162 e. The molecule has 2 aromatic rings. The Morgan fingerprint density at radius 3 is 1.38 bits per heavy atom. The highest BCUT2D eigenvalue weighted by molar-refractivity contribution is 5.59. The standard InChI is InChI=1S/C39H57NO2/c1-4-7-9-11-13-15-17-19-21-23-31-41-38-33-36(6-3)37(26-25-35-27-29-40-30-28-35)34-39(38)42-32-24-22-20-18-16-14-12-10-8-5-2/h3,27-30,33-34H,4-5,7-24,31-32H2,1-2H3. The number of hydrogen-bond acceptors (Lipinski definition) is 3. The van der Waals surface area contributed by atoms with Gasteiger partial charge in [-0.25, -0.2) is 0 Å². The van der Waals surface area contributed by atoms with Gasteiger partial charge in [0.05, 0.1) is 13.2 Å². The monoisotopic (exact) mass is 571 g/mol. The Bertz CT molecular complexity index is 1040. The summed E-state index contributed by atoms with van der Waals surface area (Å²) in [6.07, 6.45) is 35.5. The van der Waals surface area contributed by atoms with Crippen molar-refractivity contribution in [2.75, 3.05) is 13.2 Å². The fourth-order valence-electron chi connectivity index (χ4n) is 5.13. The average molecular weight is 572 g/mol. The lowest BCUT2D eigenvalue weighted by Crippen LogP contribution is -2.04. The van der Waals surface area contributed by atoms with Gasteiger partial charge in [-0.3, -0.25) is 4.98 Å². The summed E-state index contributed by atoms with van der Waals surface area (Å²) in [5.41, 5.74) is 2.43. The Balaban J connectivity index is 1.86. The summed E-state index contributed by atoms with van der Waals surface area (Å²) in [4.78, 5) is 4.07. The third-order valence-electron chi connectivity index (χ3n) is 7.77. The van der Waals surface area contributed by atoms with Gasteiger partial charge in [0.15, 0.2) is 11.5 Å². The predicted molar refractivity (Wildman–Crippen MR) is 179 cm³/mol. The molecule has 0 N–H and O–H groups in total. The van der Waals surface area contributed by atoms with Gasteiger partial charge in [-0.15, -0.1) is 6.42 Å². The molecule has 0 unspecified atom stereocenters. The number of aromatic nitrogens is 1. The molecule has 42 heavy (non-hydrogen) atoms. The van der Waals surface area contributed by atoms with E-state index in [9.17, 15) is 0 Å². The van der Waals surface area contributed by atoms with E-state index in [1.807, 2.05) is 24.3 Å². The number of nitrogens with zero attached hydrogens (tertiary/aromatic N) is 1. The third-order valence-corrected chi connectivity index (χ3v) is 7.77. The van der Waals surface area contributed by atoms with Crippen LogP contribution in [0.1, 0.15) is 159 Å². The van der Waals surface area contributed by atoms with E-state index in [0.717, 1.165) is 41.0 Å². The molecular formula is C39H57NO2. The normalized spacial score (nSPS) is 10.6. The van der Waals surface area contributed by atoms with Crippen molar-refractivity contribution in [2.45, 2.75) is 142 Å². The molecule has 0 aliphatic heterocycles. The molecule has 0 spiro atoms. The van der Waals surface area contributed by atoms with Gasteiger partial charge >= 0.3 is 0 Å². The highest BCUT2D eigenvalue weighted by Crippen LogP contribution is 2.31. The first kappa shape index (κ1) is 35.3. The molecule has 0 aliphatic rings. The van der Waals surface area contributed by atoms with Crippen LogP contribution in [0.2, 0.25) is 0 Å². The lowest BCUT2D eigenvalue weighted by Gasteiger charge is -2.15. The van der Waals surface area contributed by atoms with Crippen molar-refractivity contribution in [3.63, 3.8) is 0 Å². The summed E-state index contributed by atoms with van der Waals surface area (Å²) in [6, 6.07) is 7.69. The molecule has 0 fully saturated rings. The first-order valence-electron chi connectivity index (χ1n) is 17.1. The zero-order valence-electron chi connectivity index (χ0n) is 26.9. The Morgan fingerprint density at radius 1 is 0.548 bits per heavy atom. The molecule has 3 nitrogen and oxygen atoms in total. The summed E-state index contributed by atoms with van der Waals surface area (Å²) in [7, 11) is 0. The predicted octanol–water partition coefficient (Wildman–Crippen LogP) is 11.1. The van der Waals surface area contributed by atoms with Crippen molar-refractivity contribution in [2.24, 2.45) is 0 Å². The van der Waals surface area contributed by atoms with Crippen LogP contribution in [0, 0.1) is 24.2 Å². The molecule has 3 heteroatoms. The van der Waals surface area contributed by atoms with Crippen molar-refractivity contribution < 1.29 is 9.47 Å². The molecule has 1 aromatic heterocycles. The largest absolute Gasteiger partial charge is 0.490 e. The van der Waals surface area contributed by atoms with Crippen LogP contribution in [0.4, 0.5) is 0 Å². The number of terminal acetylenes is 1. The zero-order valence-corrected chi connectivity index (χ0v) is 26.9. The van der Waals surface area contributed by atoms with E-state index in [4.69, 9.17) is 15.9 Å². The fourth-order valence-corrected chi connectivity index (χ4v) is 5.13. The third kappa shape index (κ3) is 16.5. The van der Waals surface area contributed by atoms with Gasteiger partial charge in [-0.05, 0) is 25.0 Å². The van der Waals surface area contributed by atoms with E-state index in [-0.39, 0.29) is 0 Å². The van der Waals surface area contributed by atoms with Crippen LogP contribution in [0.15, 0.2) is 36.7 Å². The van der Waals surface area contributed by atoms with Crippen molar-refractivity contribution in [3.05, 3.63) is 53.3 Å². The SMILES string of the molecule is C#Cc1cc(OCCCCCCCCCCCC)c(OCCCCCCCCCCCC)cc1C#Cc1ccncc1. The molecule has 0 radical (unpaired) electrons. The van der Waals surface area contributed by atoms with E-state index in [2.05, 4.69) is 36.6 Å². The maximum atomic E-state index is 6.28. The molecule has 2 rings (SSSR count). The number of ether oxygens (including phenoxy) is 2. The molecule has 1 aromatic carbocycles. The molecule has 0 aliphatic carbocycles. The molecule has 230 valence electrons. The van der Waals surface area contributed by atoms with E-state index in [1.165, 1.54) is 116 Å². The van der Waals surface area contributed by atoms with Crippen molar-refractivity contribution in [1.29, 1.82) is 0 Å². The van der Waals surface area contributed by atoms with Gasteiger partial charge in [0.25, 0.3) is 0 Å². The molecule has 1 heterocycles. The topological polar surface area (TPSA) is 31.4 Å². The van der Waals surface area contributed by atoms with E-state index < -0.39 is 0 Å². The highest BCUT2D eigenvalue weighted by atomic mass is 16.5.